The van der Waals surface area contributed by atoms with Crippen molar-refractivity contribution in [3.8, 4) is 0 Å². The Morgan fingerprint density at radius 1 is 1.22 bits per heavy atom. The standard InChI is InChI=1S/C14H19N3O4S2/c18-12(17-7-5-16(6-8-17)11-3-4-11)10-15-14(19)23(20,21)13-2-1-9-22-13/h1-2,9,11H,3-8,10H2,(H,15,19). The number of amides is 2. The highest BCUT2D eigenvalue weighted by atomic mass is 32.2. The van der Waals surface area contributed by atoms with Gasteiger partial charge in [0, 0.05) is 32.2 Å². The SMILES string of the molecule is O=C(CNC(=O)S(=O)(=O)c1cccs1)N1CCN(C2CC2)CC1. The highest BCUT2D eigenvalue weighted by Crippen LogP contribution is 2.27. The molecule has 0 spiro atoms. The molecule has 1 aromatic rings. The summed E-state index contributed by atoms with van der Waals surface area (Å²) < 4.78 is 23.9. The van der Waals surface area contributed by atoms with Gasteiger partial charge in [0.05, 0.1) is 6.54 Å². The zero-order chi connectivity index (χ0) is 16.4. The zero-order valence-corrected chi connectivity index (χ0v) is 14.2. The van der Waals surface area contributed by atoms with Crippen molar-refractivity contribution in [3.63, 3.8) is 0 Å². The second-order valence-electron chi connectivity index (χ2n) is 5.72. The van der Waals surface area contributed by atoms with E-state index in [4.69, 9.17) is 0 Å². The number of carbonyl (C=O) groups excluding carboxylic acids is 2. The molecular weight excluding hydrogens is 338 g/mol. The molecule has 2 heterocycles. The van der Waals surface area contributed by atoms with Gasteiger partial charge in [-0.2, -0.15) is 0 Å². The molecule has 126 valence electrons. The normalized spacial score (nSPS) is 19.6. The third-order valence-electron chi connectivity index (χ3n) is 4.12. The van der Waals surface area contributed by atoms with E-state index in [1.165, 1.54) is 18.9 Å². The molecule has 0 atom stereocenters. The van der Waals surface area contributed by atoms with Crippen LogP contribution in [0.4, 0.5) is 4.79 Å². The Kier molecular flexibility index (Phi) is 4.69. The van der Waals surface area contributed by atoms with E-state index in [0.717, 1.165) is 24.4 Å². The van der Waals surface area contributed by atoms with Crippen LogP contribution in [0.2, 0.25) is 0 Å². The van der Waals surface area contributed by atoms with Gasteiger partial charge in [-0.15, -0.1) is 11.3 Å². The van der Waals surface area contributed by atoms with Crippen LogP contribution in [0.3, 0.4) is 0 Å². The molecule has 0 radical (unpaired) electrons. The molecule has 1 aliphatic carbocycles. The molecule has 7 nitrogen and oxygen atoms in total. The quantitative estimate of drug-likeness (QED) is 0.850. The van der Waals surface area contributed by atoms with E-state index in [9.17, 15) is 18.0 Å². The van der Waals surface area contributed by atoms with Crippen molar-refractivity contribution in [1.82, 2.24) is 15.1 Å². The van der Waals surface area contributed by atoms with Gasteiger partial charge in [0.1, 0.15) is 4.21 Å². The number of nitrogens with zero attached hydrogens (tertiary/aromatic N) is 2. The summed E-state index contributed by atoms with van der Waals surface area (Å²) in [6, 6.07) is 3.62. The van der Waals surface area contributed by atoms with Crippen molar-refractivity contribution in [2.45, 2.75) is 23.1 Å². The summed E-state index contributed by atoms with van der Waals surface area (Å²) in [5.41, 5.74) is 0. The summed E-state index contributed by atoms with van der Waals surface area (Å²) in [5, 5.41) is 2.70. The Balaban J connectivity index is 1.48. The van der Waals surface area contributed by atoms with Crippen LogP contribution in [-0.2, 0) is 14.6 Å². The molecular formula is C14H19N3O4S2. The van der Waals surface area contributed by atoms with Crippen molar-refractivity contribution in [3.05, 3.63) is 17.5 Å². The lowest BCUT2D eigenvalue weighted by Crippen LogP contribution is -2.51. The summed E-state index contributed by atoms with van der Waals surface area (Å²) in [7, 11) is -4.04. The molecule has 1 saturated carbocycles. The van der Waals surface area contributed by atoms with Crippen LogP contribution < -0.4 is 5.32 Å². The first kappa shape index (κ1) is 16.4. The van der Waals surface area contributed by atoms with E-state index >= 15 is 0 Å². The first-order valence-electron chi connectivity index (χ1n) is 7.57. The zero-order valence-electron chi connectivity index (χ0n) is 12.6. The first-order chi connectivity index (χ1) is 11.0. The number of nitrogens with one attached hydrogen (secondary N) is 1. The number of hydrogen-bond acceptors (Lipinski definition) is 6. The van der Waals surface area contributed by atoms with Crippen LogP contribution >= 0.6 is 11.3 Å². The minimum atomic E-state index is -4.04. The Morgan fingerprint density at radius 2 is 1.91 bits per heavy atom. The number of rotatable bonds is 4. The average Bonchev–Trinajstić information content (AvgIpc) is 3.25. The third-order valence-corrected chi connectivity index (χ3v) is 7.03. The van der Waals surface area contributed by atoms with E-state index in [-0.39, 0.29) is 16.7 Å². The Bertz CT molecular complexity index is 675. The lowest BCUT2D eigenvalue weighted by molar-refractivity contribution is -0.131. The summed E-state index contributed by atoms with van der Waals surface area (Å²) in [6.45, 7) is 2.66. The van der Waals surface area contributed by atoms with Gasteiger partial charge in [-0.1, -0.05) is 6.07 Å². The van der Waals surface area contributed by atoms with Gasteiger partial charge >= 0.3 is 5.24 Å². The molecule has 1 aliphatic heterocycles. The Hall–Kier alpha value is -1.45. The summed E-state index contributed by atoms with van der Waals surface area (Å²) in [5.74, 6) is -0.241. The monoisotopic (exact) mass is 357 g/mol. The molecule has 2 amide bonds. The Morgan fingerprint density at radius 3 is 2.48 bits per heavy atom. The smallest absolute Gasteiger partial charge is 0.339 e. The maximum absolute atomic E-state index is 12.1. The minimum Gasteiger partial charge on any atom is -0.339 e. The lowest BCUT2D eigenvalue weighted by Gasteiger charge is -2.34. The van der Waals surface area contributed by atoms with Crippen molar-refractivity contribution >= 4 is 32.3 Å². The molecule has 1 N–H and O–H groups in total. The van der Waals surface area contributed by atoms with Gasteiger partial charge in [-0.25, -0.2) is 8.42 Å². The number of sulfone groups is 1. The molecule has 9 heteroatoms. The van der Waals surface area contributed by atoms with Crippen molar-refractivity contribution in [2.24, 2.45) is 0 Å². The van der Waals surface area contributed by atoms with Crippen LogP contribution in [0.25, 0.3) is 0 Å². The predicted molar refractivity (Wildman–Crippen MR) is 86.1 cm³/mol. The van der Waals surface area contributed by atoms with Gasteiger partial charge in [0.25, 0.3) is 9.84 Å². The largest absolute Gasteiger partial charge is 0.342 e. The van der Waals surface area contributed by atoms with Crippen molar-refractivity contribution in [1.29, 1.82) is 0 Å². The summed E-state index contributed by atoms with van der Waals surface area (Å²) >= 11 is 0.980. The summed E-state index contributed by atoms with van der Waals surface area (Å²) in [6.07, 6.45) is 2.48. The highest BCUT2D eigenvalue weighted by molar-refractivity contribution is 8.07. The third kappa shape index (κ3) is 3.73. The van der Waals surface area contributed by atoms with Gasteiger partial charge < -0.3 is 10.2 Å². The number of thiophene rings is 1. The van der Waals surface area contributed by atoms with Crippen LogP contribution in [0.1, 0.15) is 12.8 Å². The van der Waals surface area contributed by atoms with Crippen LogP contribution in [0.5, 0.6) is 0 Å². The van der Waals surface area contributed by atoms with Gasteiger partial charge in [-0.05, 0) is 24.3 Å². The van der Waals surface area contributed by atoms with Crippen LogP contribution in [-0.4, -0.2) is 68.1 Å². The van der Waals surface area contributed by atoms with E-state index in [2.05, 4.69) is 10.2 Å². The molecule has 0 aromatic carbocycles. The van der Waals surface area contributed by atoms with Crippen LogP contribution in [0, 0.1) is 0 Å². The molecule has 0 bridgehead atoms. The highest BCUT2D eigenvalue weighted by Gasteiger charge is 2.32. The summed E-state index contributed by atoms with van der Waals surface area (Å²) in [4.78, 5) is 28.0. The fourth-order valence-corrected chi connectivity index (χ4v) is 4.69. The first-order valence-corrected chi connectivity index (χ1v) is 9.93. The van der Waals surface area contributed by atoms with Gasteiger partial charge in [0.15, 0.2) is 0 Å². The predicted octanol–water partition coefficient (Wildman–Crippen LogP) is 0.538. The van der Waals surface area contributed by atoms with E-state index in [0.29, 0.717) is 19.1 Å². The number of piperazine rings is 1. The molecule has 2 aliphatic rings. The molecule has 1 aromatic heterocycles. The molecule has 3 rings (SSSR count). The van der Waals surface area contributed by atoms with Gasteiger partial charge in [0.2, 0.25) is 5.91 Å². The van der Waals surface area contributed by atoms with E-state index in [1.807, 2.05) is 0 Å². The minimum absolute atomic E-state index is 0.0134. The van der Waals surface area contributed by atoms with E-state index < -0.39 is 15.1 Å². The molecule has 0 unspecified atom stereocenters. The van der Waals surface area contributed by atoms with Crippen LogP contribution in [0.15, 0.2) is 21.7 Å². The molecule has 1 saturated heterocycles. The Labute approximate surface area is 139 Å². The topological polar surface area (TPSA) is 86.8 Å². The van der Waals surface area contributed by atoms with Crippen molar-refractivity contribution < 1.29 is 18.0 Å². The molecule has 2 fully saturated rings. The maximum Gasteiger partial charge on any atom is 0.342 e. The lowest BCUT2D eigenvalue weighted by atomic mass is 10.3. The average molecular weight is 357 g/mol. The second-order valence-corrected chi connectivity index (χ2v) is 8.75. The number of hydrogen-bond donors (Lipinski definition) is 1. The van der Waals surface area contributed by atoms with E-state index in [1.54, 1.807) is 16.3 Å². The number of carbonyl (C=O) groups is 2. The maximum atomic E-state index is 12.1. The molecule has 23 heavy (non-hydrogen) atoms. The van der Waals surface area contributed by atoms with Gasteiger partial charge in [-0.3, -0.25) is 14.5 Å². The second kappa shape index (κ2) is 6.58. The fourth-order valence-electron chi connectivity index (χ4n) is 2.64. The fraction of sp³-hybridized carbons (Fsp3) is 0.571. The van der Waals surface area contributed by atoms with Crippen molar-refractivity contribution in [2.75, 3.05) is 32.7 Å².